The average Bonchev–Trinajstić information content (AvgIpc) is 3.02. The minimum atomic E-state index is -0.537. The molecule has 0 saturated carbocycles. The van der Waals surface area contributed by atoms with Gasteiger partial charge in [0.2, 0.25) is 0 Å². The Hall–Kier alpha value is -2.36. The molecule has 0 fully saturated rings. The maximum absolute atomic E-state index is 13.7. The van der Waals surface area contributed by atoms with Crippen molar-refractivity contribution < 1.29 is 13.9 Å². The van der Waals surface area contributed by atoms with E-state index >= 15 is 0 Å². The summed E-state index contributed by atoms with van der Waals surface area (Å²) in [5.41, 5.74) is 4.15. The molecule has 2 aromatic carbocycles. The van der Waals surface area contributed by atoms with Crippen molar-refractivity contribution in [1.29, 1.82) is 0 Å². The number of amides is 1. The minimum absolute atomic E-state index is 0.126. The number of fused-ring (bicyclic) bond motifs is 1. The van der Waals surface area contributed by atoms with Crippen molar-refractivity contribution in [2.45, 2.75) is 32.2 Å². The van der Waals surface area contributed by atoms with Crippen LogP contribution in [0, 0.1) is 5.82 Å². The molecule has 0 radical (unpaired) electrons. The molecule has 1 aliphatic rings. The molecule has 0 aliphatic heterocycles. The lowest BCUT2D eigenvalue weighted by molar-refractivity contribution is 0.0939. The van der Waals surface area contributed by atoms with Crippen molar-refractivity contribution in [1.82, 2.24) is 5.32 Å². The third kappa shape index (κ3) is 3.21. The van der Waals surface area contributed by atoms with Gasteiger partial charge in [-0.25, -0.2) is 4.39 Å². The molecule has 0 bridgehead atoms. The maximum atomic E-state index is 13.7. The number of hydrogen-bond donors (Lipinski definition) is 1. The summed E-state index contributed by atoms with van der Waals surface area (Å²) in [7, 11) is 1.40. The summed E-state index contributed by atoms with van der Waals surface area (Å²) in [5.74, 6) is -0.696. The van der Waals surface area contributed by atoms with Gasteiger partial charge in [-0.3, -0.25) is 4.79 Å². The Labute approximate surface area is 135 Å². The molecule has 0 spiro atoms. The van der Waals surface area contributed by atoms with Gasteiger partial charge in [-0.15, -0.1) is 0 Å². The van der Waals surface area contributed by atoms with Gasteiger partial charge in [0.25, 0.3) is 5.91 Å². The Morgan fingerprint density at radius 1 is 1.17 bits per heavy atom. The number of aryl methyl sites for hydroxylation is 2. The highest BCUT2D eigenvalue weighted by Crippen LogP contribution is 2.25. The second-order valence-electron chi connectivity index (χ2n) is 5.93. The molecular weight excluding hydrogens is 293 g/mol. The van der Waals surface area contributed by atoms with Crippen LogP contribution in [0.15, 0.2) is 36.4 Å². The summed E-state index contributed by atoms with van der Waals surface area (Å²) in [6.45, 7) is 1.94. The zero-order valence-corrected chi connectivity index (χ0v) is 13.4. The first-order chi connectivity index (χ1) is 11.1. The first-order valence-corrected chi connectivity index (χ1v) is 7.84. The van der Waals surface area contributed by atoms with Crippen molar-refractivity contribution in [3.8, 4) is 5.75 Å². The number of rotatable bonds is 4. The molecule has 23 heavy (non-hydrogen) atoms. The van der Waals surface area contributed by atoms with Gasteiger partial charge in [0.15, 0.2) is 11.6 Å². The molecule has 1 atom stereocenters. The van der Waals surface area contributed by atoms with Gasteiger partial charge in [0.1, 0.15) is 0 Å². The first kappa shape index (κ1) is 15.5. The van der Waals surface area contributed by atoms with E-state index in [1.54, 1.807) is 6.07 Å². The van der Waals surface area contributed by atoms with Crippen LogP contribution in [-0.4, -0.2) is 13.0 Å². The van der Waals surface area contributed by atoms with Gasteiger partial charge in [-0.05, 0) is 61.1 Å². The predicted molar refractivity (Wildman–Crippen MR) is 87.3 cm³/mol. The predicted octanol–water partition coefficient (Wildman–Crippen LogP) is 3.81. The minimum Gasteiger partial charge on any atom is -0.494 e. The van der Waals surface area contributed by atoms with Crippen molar-refractivity contribution in [3.63, 3.8) is 0 Å². The summed E-state index contributed by atoms with van der Waals surface area (Å²) in [4.78, 5) is 12.3. The monoisotopic (exact) mass is 313 g/mol. The first-order valence-electron chi connectivity index (χ1n) is 7.84. The van der Waals surface area contributed by atoms with Crippen LogP contribution in [0.2, 0.25) is 0 Å². The quantitative estimate of drug-likeness (QED) is 0.932. The SMILES string of the molecule is COc1ccc(C(=O)NC(C)c2ccc3c(c2)CCC3)cc1F. The van der Waals surface area contributed by atoms with Gasteiger partial charge in [-0.1, -0.05) is 18.2 Å². The molecule has 2 aromatic rings. The summed E-state index contributed by atoms with van der Waals surface area (Å²) in [6, 6.07) is 10.5. The van der Waals surface area contributed by atoms with Crippen LogP contribution in [0.25, 0.3) is 0 Å². The molecule has 1 unspecified atom stereocenters. The summed E-state index contributed by atoms with van der Waals surface area (Å²) in [6.07, 6.45) is 3.44. The van der Waals surface area contributed by atoms with E-state index in [2.05, 4.69) is 23.5 Å². The molecular formula is C19H20FNO2. The van der Waals surface area contributed by atoms with E-state index in [9.17, 15) is 9.18 Å². The van der Waals surface area contributed by atoms with Crippen LogP contribution in [0.3, 0.4) is 0 Å². The summed E-state index contributed by atoms with van der Waals surface area (Å²) in [5, 5.41) is 2.92. The molecule has 0 aromatic heterocycles. The Morgan fingerprint density at radius 3 is 2.70 bits per heavy atom. The lowest BCUT2D eigenvalue weighted by Crippen LogP contribution is -2.26. The summed E-state index contributed by atoms with van der Waals surface area (Å²) >= 11 is 0. The van der Waals surface area contributed by atoms with E-state index in [0.717, 1.165) is 18.4 Å². The van der Waals surface area contributed by atoms with Gasteiger partial charge >= 0.3 is 0 Å². The van der Waals surface area contributed by atoms with Gasteiger partial charge in [0.05, 0.1) is 13.2 Å². The maximum Gasteiger partial charge on any atom is 0.251 e. The van der Waals surface area contributed by atoms with E-state index in [1.807, 2.05) is 6.92 Å². The highest BCUT2D eigenvalue weighted by atomic mass is 19.1. The van der Waals surface area contributed by atoms with Crippen molar-refractivity contribution in [2.75, 3.05) is 7.11 Å². The molecule has 1 N–H and O–H groups in total. The number of halogens is 1. The van der Waals surface area contributed by atoms with Crippen molar-refractivity contribution >= 4 is 5.91 Å². The van der Waals surface area contributed by atoms with E-state index in [1.165, 1.54) is 36.8 Å². The van der Waals surface area contributed by atoms with E-state index in [4.69, 9.17) is 4.74 Å². The van der Waals surface area contributed by atoms with Crippen LogP contribution in [0.1, 0.15) is 46.4 Å². The molecule has 0 heterocycles. The van der Waals surface area contributed by atoms with Crippen molar-refractivity contribution in [3.05, 3.63) is 64.5 Å². The van der Waals surface area contributed by atoms with Gasteiger partial charge in [-0.2, -0.15) is 0 Å². The fourth-order valence-corrected chi connectivity index (χ4v) is 3.03. The number of nitrogens with one attached hydrogen (secondary N) is 1. The zero-order chi connectivity index (χ0) is 16.4. The van der Waals surface area contributed by atoms with E-state index < -0.39 is 5.82 Å². The third-order valence-corrected chi connectivity index (χ3v) is 4.38. The summed E-state index contributed by atoms with van der Waals surface area (Å²) < 4.78 is 18.6. The Bertz CT molecular complexity index is 742. The van der Waals surface area contributed by atoms with Gasteiger partial charge < -0.3 is 10.1 Å². The number of methoxy groups -OCH3 is 1. The highest BCUT2D eigenvalue weighted by molar-refractivity contribution is 5.94. The highest BCUT2D eigenvalue weighted by Gasteiger charge is 2.16. The number of carbonyl (C=O) groups is 1. The van der Waals surface area contributed by atoms with Crippen LogP contribution in [0.5, 0.6) is 5.75 Å². The standard InChI is InChI=1S/C19H20FNO2/c1-12(14-7-6-13-4-3-5-15(13)10-14)21-19(22)16-8-9-18(23-2)17(20)11-16/h6-12H,3-5H2,1-2H3,(H,21,22). The van der Waals surface area contributed by atoms with Crippen LogP contribution < -0.4 is 10.1 Å². The molecule has 0 saturated heterocycles. The lowest BCUT2D eigenvalue weighted by Gasteiger charge is -2.16. The van der Waals surface area contributed by atoms with Crippen LogP contribution in [0.4, 0.5) is 4.39 Å². The normalized spacial score (nSPS) is 14.2. The molecule has 3 nitrogen and oxygen atoms in total. The third-order valence-electron chi connectivity index (χ3n) is 4.38. The number of benzene rings is 2. The zero-order valence-electron chi connectivity index (χ0n) is 13.4. The Kier molecular flexibility index (Phi) is 4.33. The molecule has 1 aliphatic carbocycles. The average molecular weight is 313 g/mol. The Morgan fingerprint density at radius 2 is 1.96 bits per heavy atom. The largest absolute Gasteiger partial charge is 0.494 e. The number of carbonyl (C=O) groups excluding carboxylic acids is 1. The molecule has 4 heteroatoms. The topological polar surface area (TPSA) is 38.3 Å². The Balaban J connectivity index is 1.73. The number of hydrogen-bond acceptors (Lipinski definition) is 2. The van der Waals surface area contributed by atoms with Crippen molar-refractivity contribution in [2.24, 2.45) is 0 Å². The second-order valence-corrected chi connectivity index (χ2v) is 5.93. The van der Waals surface area contributed by atoms with Crippen LogP contribution >= 0.6 is 0 Å². The lowest BCUT2D eigenvalue weighted by atomic mass is 10.0. The molecule has 3 rings (SSSR count). The fourth-order valence-electron chi connectivity index (χ4n) is 3.03. The van der Waals surface area contributed by atoms with Gasteiger partial charge in [0, 0.05) is 5.56 Å². The fraction of sp³-hybridized carbons (Fsp3) is 0.316. The molecule has 1 amide bonds. The van der Waals surface area contributed by atoms with Crippen LogP contribution in [-0.2, 0) is 12.8 Å². The van der Waals surface area contributed by atoms with E-state index in [-0.39, 0.29) is 23.3 Å². The second kappa shape index (κ2) is 6.41. The van der Waals surface area contributed by atoms with E-state index in [0.29, 0.717) is 0 Å². The molecule has 120 valence electrons. The smallest absolute Gasteiger partial charge is 0.251 e. The number of ether oxygens (including phenoxy) is 1.